The molecule has 4 N–H and O–H groups in total. The third kappa shape index (κ3) is 5.12. The quantitative estimate of drug-likeness (QED) is 0.684. The van der Waals surface area contributed by atoms with Crippen molar-refractivity contribution in [3.63, 3.8) is 0 Å². The summed E-state index contributed by atoms with van der Waals surface area (Å²) in [4.78, 5) is 23.9. The molecule has 1 saturated carbocycles. The van der Waals surface area contributed by atoms with Crippen molar-refractivity contribution in [1.82, 2.24) is 10.6 Å². The van der Waals surface area contributed by atoms with Crippen LogP contribution in [0.5, 0.6) is 0 Å². The molecule has 5 heteroatoms. The Morgan fingerprint density at radius 2 is 1.95 bits per heavy atom. The van der Waals surface area contributed by atoms with Crippen LogP contribution in [0.2, 0.25) is 0 Å². The van der Waals surface area contributed by atoms with Crippen LogP contribution in [0.1, 0.15) is 52.9 Å². The van der Waals surface area contributed by atoms with E-state index in [0.717, 1.165) is 32.1 Å². The Balaban J connectivity index is 2.42. The molecule has 0 radical (unpaired) electrons. The third-order valence-corrected chi connectivity index (χ3v) is 4.18. The largest absolute Gasteiger partial charge is 0.354 e. The van der Waals surface area contributed by atoms with Crippen LogP contribution in [0.15, 0.2) is 0 Å². The van der Waals surface area contributed by atoms with Gasteiger partial charge < -0.3 is 16.4 Å². The van der Waals surface area contributed by atoms with Crippen molar-refractivity contribution in [1.29, 1.82) is 0 Å². The number of hydrogen-bond donors (Lipinski definition) is 3. The van der Waals surface area contributed by atoms with Gasteiger partial charge in [0.15, 0.2) is 0 Å². The van der Waals surface area contributed by atoms with E-state index in [1.165, 1.54) is 0 Å². The van der Waals surface area contributed by atoms with Gasteiger partial charge in [0.05, 0.1) is 0 Å². The molecule has 116 valence electrons. The first kappa shape index (κ1) is 17.0. The molecule has 1 aliphatic rings. The average Bonchev–Trinajstić information content (AvgIpc) is 2.43. The van der Waals surface area contributed by atoms with Crippen LogP contribution < -0.4 is 16.4 Å². The van der Waals surface area contributed by atoms with Crippen molar-refractivity contribution in [2.75, 3.05) is 6.54 Å². The molecule has 0 aromatic carbocycles. The summed E-state index contributed by atoms with van der Waals surface area (Å²) in [6.45, 7) is 6.31. The zero-order valence-electron chi connectivity index (χ0n) is 12.9. The highest BCUT2D eigenvalue weighted by Crippen LogP contribution is 2.29. The first-order chi connectivity index (χ1) is 9.45. The fourth-order valence-corrected chi connectivity index (χ4v) is 2.75. The average molecular weight is 283 g/mol. The van der Waals surface area contributed by atoms with Gasteiger partial charge in [-0.1, -0.05) is 20.3 Å². The van der Waals surface area contributed by atoms with Crippen molar-refractivity contribution in [2.24, 2.45) is 17.6 Å². The van der Waals surface area contributed by atoms with E-state index in [0.29, 0.717) is 12.5 Å². The molecule has 0 spiro atoms. The summed E-state index contributed by atoms with van der Waals surface area (Å²) in [5, 5.41) is 5.60. The van der Waals surface area contributed by atoms with E-state index in [9.17, 15) is 9.59 Å². The van der Waals surface area contributed by atoms with Crippen LogP contribution >= 0.6 is 0 Å². The fraction of sp³-hybridized carbons (Fsp3) is 0.867. The lowest BCUT2D eigenvalue weighted by Crippen LogP contribution is -2.48. The highest BCUT2D eigenvalue weighted by Gasteiger charge is 2.29. The molecule has 1 aliphatic carbocycles. The molecule has 0 bridgehead atoms. The maximum atomic E-state index is 12.2. The number of carbonyl (C=O) groups excluding carboxylic acids is 2. The van der Waals surface area contributed by atoms with Crippen molar-refractivity contribution in [3.05, 3.63) is 0 Å². The number of carbonyl (C=O) groups is 2. The van der Waals surface area contributed by atoms with Gasteiger partial charge in [-0.2, -0.15) is 0 Å². The lowest BCUT2D eigenvalue weighted by Gasteiger charge is -2.31. The molecule has 0 aromatic heterocycles. The van der Waals surface area contributed by atoms with Crippen molar-refractivity contribution in [3.8, 4) is 0 Å². The first-order valence-electron chi connectivity index (χ1n) is 7.79. The predicted octanol–water partition coefficient (Wildman–Crippen LogP) is 1.17. The van der Waals surface area contributed by atoms with Crippen LogP contribution in [0.25, 0.3) is 0 Å². The molecule has 20 heavy (non-hydrogen) atoms. The Hall–Kier alpha value is -1.10. The molecule has 0 heterocycles. The molecule has 1 fully saturated rings. The Bertz CT molecular complexity index is 333. The van der Waals surface area contributed by atoms with Gasteiger partial charge in [0.2, 0.25) is 11.8 Å². The van der Waals surface area contributed by atoms with E-state index >= 15 is 0 Å². The summed E-state index contributed by atoms with van der Waals surface area (Å²) in [5.41, 5.74) is 5.97. The van der Waals surface area contributed by atoms with Crippen molar-refractivity contribution >= 4 is 11.8 Å². The van der Waals surface area contributed by atoms with Gasteiger partial charge in [-0.3, -0.25) is 9.59 Å². The summed E-state index contributed by atoms with van der Waals surface area (Å²) < 4.78 is 0. The van der Waals surface area contributed by atoms with Gasteiger partial charge in [-0.05, 0) is 38.5 Å². The minimum absolute atomic E-state index is 0.0387. The summed E-state index contributed by atoms with van der Waals surface area (Å²) in [7, 11) is 0. The van der Waals surface area contributed by atoms with Gasteiger partial charge >= 0.3 is 0 Å². The Morgan fingerprint density at radius 3 is 2.55 bits per heavy atom. The maximum Gasteiger partial charge on any atom is 0.242 e. The number of hydrogen-bond acceptors (Lipinski definition) is 3. The summed E-state index contributed by atoms with van der Waals surface area (Å²) in [5.74, 6) is 0.100. The van der Waals surface area contributed by atoms with Gasteiger partial charge in [0.1, 0.15) is 6.04 Å². The molecular weight excluding hydrogens is 254 g/mol. The minimum Gasteiger partial charge on any atom is -0.354 e. The lowest BCUT2D eigenvalue weighted by molar-refractivity contribution is -0.131. The second kappa shape index (κ2) is 8.25. The minimum atomic E-state index is -0.478. The molecule has 0 saturated heterocycles. The zero-order valence-corrected chi connectivity index (χ0v) is 12.9. The van der Waals surface area contributed by atoms with E-state index in [2.05, 4.69) is 10.6 Å². The first-order valence-corrected chi connectivity index (χ1v) is 7.79. The molecule has 0 aromatic rings. The summed E-state index contributed by atoms with van der Waals surface area (Å²) in [6, 6.07) is -0.261. The van der Waals surface area contributed by atoms with Crippen LogP contribution in [-0.4, -0.2) is 30.4 Å². The third-order valence-electron chi connectivity index (χ3n) is 4.18. The van der Waals surface area contributed by atoms with Gasteiger partial charge in [-0.25, -0.2) is 0 Å². The maximum absolute atomic E-state index is 12.2. The number of nitrogens with one attached hydrogen (secondary N) is 2. The van der Waals surface area contributed by atoms with E-state index in [1.54, 1.807) is 6.92 Å². The molecule has 1 rings (SSSR count). The molecular formula is C15H29N3O2. The summed E-state index contributed by atoms with van der Waals surface area (Å²) in [6.07, 6.45) is 5.00. The molecule has 4 atom stereocenters. The normalized spacial score (nSPS) is 25.6. The lowest BCUT2D eigenvalue weighted by atomic mass is 9.78. The Morgan fingerprint density at radius 1 is 1.25 bits per heavy atom. The Kier molecular flexibility index (Phi) is 6.99. The highest BCUT2D eigenvalue weighted by atomic mass is 16.2. The van der Waals surface area contributed by atoms with E-state index in [1.807, 2.05) is 13.8 Å². The number of nitrogens with two attached hydrogens (primary N) is 1. The smallest absolute Gasteiger partial charge is 0.242 e. The highest BCUT2D eigenvalue weighted by molar-refractivity contribution is 5.88. The summed E-state index contributed by atoms with van der Waals surface area (Å²) >= 11 is 0. The topological polar surface area (TPSA) is 84.2 Å². The second-order valence-electron chi connectivity index (χ2n) is 6.00. The van der Waals surface area contributed by atoms with Crippen molar-refractivity contribution in [2.45, 2.75) is 65.0 Å². The molecule has 0 aliphatic heterocycles. The second-order valence-corrected chi connectivity index (χ2v) is 6.00. The number of rotatable bonds is 6. The Labute approximate surface area is 122 Å². The fourth-order valence-electron chi connectivity index (χ4n) is 2.75. The molecule has 5 nitrogen and oxygen atoms in total. The molecule has 2 amide bonds. The SMILES string of the molecule is CCCNC(=O)C(C)NC(=O)C(C)C1CCCC(N)C1. The van der Waals surface area contributed by atoms with Crippen LogP contribution in [0.4, 0.5) is 0 Å². The number of amides is 2. The monoisotopic (exact) mass is 283 g/mol. The van der Waals surface area contributed by atoms with Crippen molar-refractivity contribution < 1.29 is 9.59 Å². The van der Waals surface area contributed by atoms with Crippen LogP contribution in [0.3, 0.4) is 0 Å². The predicted molar refractivity (Wildman–Crippen MR) is 80.0 cm³/mol. The van der Waals surface area contributed by atoms with Crippen LogP contribution in [0, 0.1) is 11.8 Å². The standard InChI is InChI=1S/C15H29N3O2/c1-4-8-17-15(20)11(3)18-14(19)10(2)12-6-5-7-13(16)9-12/h10-13H,4-9,16H2,1-3H3,(H,17,20)(H,18,19). The van der Waals surface area contributed by atoms with Gasteiger partial charge in [0.25, 0.3) is 0 Å². The zero-order chi connectivity index (χ0) is 15.1. The van der Waals surface area contributed by atoms with Crippen LogP contribution in [-0.2, 0) is 9.59 Å². The molecule has 4 unspecified atom stereocenters. The van der Waals surface area contributed by atoms with E-state index in [4.69, 9.17) is 5.73 Å². The van der Waals surface area contributed by atoms with Gasteiger partial charge in [0, 0.05) is 18.5 Å². The van der Waals surface area contributed by atoms with Gasteiger partial charge in [-0.15, -0.1) is 0 Å². The van der Waals surface area contributed by atoms with E-state index < -0.39 is 6.04 Å². The van der Waals surface area contributed by atoms with E-state index in [-0.39, 0.29) is 23.8 Å².